The Kier molecular flexibility index (Phi) is 3.21. The number of aryl methyl sites for hydroxylation is 1. The van der Waals surface area contributed by atoms with E-state index in [-0.39, 0.29) is 0 Å². The van der Waals surface area contributed by atoms with Crippen molar-refractivity contribution in [1.82, 2.24) is 9.55 Å². The van der Waals surface area contributed by atoms with Gasteiger partial charge >= 0.3 is 0 Å². The number of imidazole rings is 1. The Morgan fingerprint density at radius 1 is 1.26 bits per heavy atom. The predicted octanol–water partition coefficient (Wildman–Crippen LogP) is 3.75. The first kappa shape index (κ1) is 12.5. The van der Waals surface area contributed by atoms with Crippen molar-refractivity contribution < 1.29 is 0 Å². The van der Waals surface area contributed by atoms with Crippen molar-refractivity contribution in [3.05, 3.63) is 23.8 Å². The Morgan fingerprint density at radius 3 is 2.74 bits per heavy atom. The number of aromatic nitrogens is 2. The van der Waals surface area contributed by atoms with Crippen LogP contribution in [0.25, 0.3) is 11.0 Å². The van der Waals surface area contributed by atoms with Gasteiger partial charge in [0.15, 0.2) is 0 Å². The molecule has 1 aliphatic rings. The number of nitrogen functional groups attached to an aromatic ring is 1. The molecule has 0 saturated heterocycles. The fourth-order valence-corrected chi connectivity index (χ4v) is 3.22. The van der Waals surface area contributed by atoms with E-state index in [1.54, 1.807) is 0 Å². The van der Waals surface area contributed by atoms with Gasteiger partial charge < -0.3 is 10.3 Å². The molecule has 0 unspecified atom stereocenters. The van der Waals surface area contributed by atoms with Crippen molar-refractivity contribution >= 4 is 17.0 Å². The second-order valence-electron chi connectivity index (χ2n) is 6.20. The van der Waals surface area contributed by atoms with E-state index in [0.29, 0.717) is 5.95 Å². The van der Waals surface area contributed by atoms with Crippen LogP contribution in [0.1, 0.15) is 38.2 Å². The summed E-state index contributed by atoms with van der Waals surface area (Å²) in [5, 5.41) is 0. The second-order valence-corrected chi connectivity index (χ2v) is 6.20. The monoisotopic (exact) mass is 257 g/mol. The predicted molar refractivity (Wildman–Crippen MR) is 80.0 cm³/mol. The lowest BCUT2D eigenvalue weighted by Crippen LogP contribution is -2.18. The Balaban J connectivity index is 1.86. The molecule has 0 amide bonds. The molecule has 1 heterocycles. The summed E-state index contributed by atoms with van der Waals surface area (Å²) >= 11 is 0. The van der Waals surface area contributed by atoms with E-state index in [2.05, 4.69) is 41.6 Å². The Hall–Kier alpha value is -1.51. The topological polar surface area (TPSA) is 43.8 Å². The first-order valence-electron chi connectivity index (χ1n) is 7.36. The van der Waals surface area contributed by atoms with Crippen molar-refractivity contribution in [2.24, 2.45) is 11.8 Å². The van der Waals surface area contributed by atoms with Gasteiger partial charge in [-0.1, -0.05) is 25.8 Å². The number of hydrogen-bond donors (Lipinski definition) is 1. The van der Waals surface area contributed by atoms with Crippen LogP contribution in [0, 0.1) is 18.8 Å². The molecule has 1 aromatic carbocycles. The van der Waals surface area contributed by atoms with Crippen LogP contribution < -0.4 is 5.73 Å². The van der Waals surface area contributed by atoms with Gasteiger partial charge in [0.05, 0.1) is 11.0 Å². The number of rotatable bonds is 2. The molecule has 1 fully saturated rings. The number of nitrogens with zero attached hydrogens (tertiary/aromatic N) is 2. The van der Waals surface area contributed by atoms with Crippen LogP contribution in [-0.2, 0) is 6.54 Å². The van der Waals surface area contributed by atoms with Gasteiger partial charge in [-0.25, -0.2) is 4.98 Å². The average Bonchev–Trinajstić information content (AvgIpc) is 2.68. The minimum absolute atomic E-state index is 0.666. The molecule has 3 nitrogen and oxygen atoms in total. The van der Waals surface area contributed by atoms with E-state index in [4.69, 9.17) is 5.73 Å². The van der Waals surface area contributed by atoms with Crippen LogP contribution in [0.3, 0.4) is 0 Å². The van der Waals surface area contributed by atoms with Gasteiger partial charge in [-0.05, 0) is 49.3 Å². The first-order chi connectivity index (χ1) is 9.13. The molecule has 0 aliphatic heterocycles. The molecule has 1 aromatic heterocycles. The Bertz CT molecular complexity index is 577. The summed E-state index contributed by atoms with van der Waals surface area (Å²) in [6.07, 6.45) is 5.37. The molecule has 102 valence electrons. The molecular weight excluding hydrogens is 234 g/mol. The maximum Gasteiger partial charge on any atom is 0.201 e. The highest BCUT2D eigenvalue weighted by Gasteiger charge is 2.20. The summed E-state index contributed by atoms with van der Waals surface area (Å²) in [5.41, 5.74) is 9.55. The maximum absolute atomic E-state index is 6.10. The van der Waals surface area contributed by atoms with E-state index >= 15 is 0 Å². The van der Waals surface area contributed by atoms with Gasteiger partial charge in [0.2, 0.25) is 5.95 Å². The minimum Gasteiger partial charge on any atom is -0.369 e. The largest absolute Gasteiger partial charge is 0.369 e. The van der Waals surface area contributed by atoms with Crippen molar-refractivity contribution in [3.8, 4) is 0 Å². The standard InChI is InChI=1S/C16H23N3/c1-11-3-6-13(7-4-11)10-19-15-8-5-12(2)9-14(15)18-16(19)17/h5,8-9,11,13H,3-4,6-7,10H2,1-2H3,(H2,17,18). The van der Waals surface area contributed by atoms with E-state index < -0.39 is 0 Å². The highest BCUT2D eigenvalue weighted by atomic mass is 15.2. The summed E-state index contributed by atoms with van der Waals surface area (Å²) < 4.78 is 2.20. The molecule has 0 radical (unpaired) electrons. The number of hydrogen-bond acceptors (Lipinski definition) is 2. The molecule has 0 bridgehead atoms. The average molecular weight is 257 g/mol. The number of anilines is 1. The van der Waals surface area contributed by atoms with Gasteiger partial charge in [-0.3, -0.25) is 0 Å². The molecule has 0 spiro atoms. The van der Waals surface area contributed by atoms with Gasteiger partial charge in [-0.15, -0.1) is 0 Å². The van der Waals surface area contributed by atoms with E-state index in [1.165, 1.54) is 36.8 Å². The highest BCUT2D eigenvalue weighted by molar-refractivity contribution is 5.79. The van der Waals surface area contributed by atoms with Crippen LogP contribution in [0.4, 0.5) is 5.95 Å². The molecule has 1 aliphatic carbocycles. The number of benzene rings is 1. The summed E-state index contributed by atoms with van der Waals surface area (Å²) in [6.45, 7) is 5.48. The molecule has 2 N–H and O–H groups in total. The van der Waals surface area contributed by atoms with E-state index in [9.17, 15) is 0 Å². The third-order valence-corrected chi connectivity index (χ3v) is 4.51. The van der Waals surface area contributed by atoms with Crippen LogP contribution in [-0.4, -0.2) is 9.55 Å². The fourth-order valence-electron chi connectivity index (χ4n) is 3.22. The third kappa shape index (κ3) is 2.46. The molecule has 19 heavy (non-hydrogen) atoms. The van der Waals surface area contributed by atoms with Crippen LogP contribution in [0.2, 0.25) is 0 Å². The quantitative estimate of drug-likeness (QED) is 0.890. The lowest BCUT2D eigenvalue weighted by Gasteiger charge is -2.26. The normalized spacial score (nSPS) is 23.9. The SMILES string of the molecule is Cc1ccc2c(c1)nc(N)n2CC1CCC(C)CC1. The highest BCUT2D eigenvalue weighted by Crippen LogP contribution is 2.31. The van der Waals surface area contributed by atoms with E-state index in [1.807, 2.05) is 0 Å². The van der Waals surface area contributed by atoms with Crippen molar-refractivity contribution in [2.75, 3.05) is 5.73 Å². The fraction of sp³-hybridized carbons (Fsp3) is 0.562. The second kappa shape index (κ2) is 4.87. The summed E-state index contributed by atoms with van der Waals surface area (Å²) in [5.74, 6) is 2.33. The minimum atomic E-state index is 0.666. The molecule has 2 aromatic rings. The van der Waals surface area contributed by atoms with Gasteiger partial charge in [0.1, 0.15) is 0 Å². The summed E-state index contributed by atoms with van der Waals surface area (Å²) in [7, 11) is 0. The third-order valence-electron chi connectivity index (χ3n) is 4.51. The van der Waals surface area contributed by atoms with Gasteiger partial charge in [0.25, 0.3) is 0 Å². The van der Waals surface area contributed by atoms with E-state index in [0.717, 1.165) is 23.9 Å². The lowest BCUT2D eigenvalue weighted by atomic mass is 9.83. The van der Waals surface area contributed by atoms with Crippen LogP contribution >= 0.6 is 0 Å². The van der Waals surface area contributed by atoms with Gasteiger partial charge in [0, 0.05) is 6.54 Å². The Labute approximate surface area is 114 Å². The van der Waals surface area contributed by atoms with Crippen LogP contribution in [0.5, 0.6) is 0 Å². The smallest absolute Gasteiger partial charge is 0.201 e. The van der Waals surface area contributed by atoms with Gasteiger partial charge in [-0.2, -0.15) is 0 Å². The number of fused-ring (bicyclic) bond motifs is 1. The number of nitrogens with two attached hydrogens (primary N) is 1. The molecule has 0 atom stereocenters. The van der Waals surface area contributed by atoms with Crippen molar-refractivity contribution in [2.45, 2.75) is 46.1 Å². The summed E-state index contributed by atoms with van der Waals surface area (Å²) in [4.78, 5) is 4.50. The Morgan fingerprint density at radius 2 is 2.00 bits per heavy atom. The van der Waals surface area contributed by atoms with Crippen molar-refractivity contribution in [1.29, 1.82) is 0 Å². The molecule has 1 saturated carbocycles. The summed E-state index contributed by atoms with van der Waals surface area (Å²) in [6, 6.07) is 6.41. The maximum atomic E-state index is 6.10. The molecule has 3 rings (SSSR count). The zero-order valence-electron chi connectivity index (χ0n) is 11.9. The molecule has 3 heteroatoms. The first-order valence-corrected chi connectivity index (χ1v) is 7.36. The lowest BCUT2D eigenvalue weighted by molar-refractivity contribution is 0.267. The van der Waals surface area contributed by atoms with Crippen LogP contribution in [0.15, 0.2) is 18.2 Å². The zero-order chi connectivity index (χ0) is 13.4. The zero-order valence-corrected chi connectivity index (χ0v) is 11.9. The molecular formula is C16H23N3. The van der Waals surface area contributed by atoms with Crippen molar-refractivity contribution in [3.63, 3.8) is 0 Å².